The molecule has 5 rings (SSSR count). The Balaban J connectivity index is 1.26. The summed E-state index contributed by atoms with van der Waals surface area (Å²) >= 11 is 0. The van der Waals surface area contributed by atoms with Gasteiger partial charge in [-0.1, -0.05) is 66.8 Å². The van der Waals surface area contributed by atoms with Gasteiger partial charge < -0.3 is 24.9 Å². The third-order valence-electron chi connectivity index (χ3n) is 6.99. The van der Waals surface area contributed by atoms with E-state index in [1.807, 2.05) is 54.6 Å². The quantitative estimate of drug-likeness (QED) is 0.186. The van der Waals surface area contributed by atoms with Gasteiger partial charge in [0.2, 0.25) is 0 Å². The van der Waals surface area contributed by atoms with Crippen LogP contribution < -0.4 is 15.4 Å². The third-order valence-corrected chi connectivity index (χ3v) is 6.99. The SMILES string of the molecule is CC1(O)C=CC(CCOc2cc(C(=O)NCCCc3ccccc3)ccc2NC(=O)c2cc3ccccc3o2)=CC1. The van der Waals surface area contributed by atoms with Crippen molar-refractivity contribution in [3.63, 3.8) is 0 Å². The number of hydrogen-bond donors (Lipinski definition) is 3. The van der Waals surface area contributed by atoms with Gasteiger partial charge in [0.15, 0.2) is 5.76 Å². The highest BCUT2D eigenvalue weighted by Gasteiger charge is 2.19. The second-order valence-corrected chi connectivity index (χ2v) is 10.4. The van der Waals surface area contributed by atoms with Crippen LogP contribution in [0.2, 0.25) is 0 Å². The highest BCUT2D eigenvalue weighted by Crippen LogP contribution is 2.29. The van der Waals surface area contributed by atoms with E-state index in [-0.39, 0.29) is 11.7 Å². The highest BCUT2D eigenvalue weighted by atomic mass is 16.5. The Hall–Kier alpha value is -4.62. The summed E-state index contributed by atoms with van der Waals surface area (Å²) in [5, 5.41) is 16.8. The molecule has 0 bridgehead atoms. The van der Waals surface area contributed by atoms with Crippen molar-refractivity contribution < 1.29 is 23.8 Å². The molecule has 1 heterocycles. The molecule has 0 saturated heterocycles. The molecule has 2 amide bonds. The van der Waals surface area contributed by atoms with Crippen LogP contribution in [0.1, 0.15) is 52.7 Å². The number of benzene rings is 3. The number of carbonyl (C=O) groups excluding carboxylic acids is 2. The van der Waals surface area contributed by atoms with Crippen molar-refractivity contribution in [1.29, 1.82) is 0 Å². The molecule has 1 aliphatic rings. The molecule has 0 aliphatic heterocycles. The predicted octanol–water partition coefficient (Wildman–Crippen LogP) is 6.45. The molecule has 0 spiro atoms. The fourth-order valence-corrected chi connectivity index (χ4v) is 4.63. The van der Waals surface area contributed by atoms with E-state index >= 15 is 0 Å². The van der Waals surface area contributed by atoms with Gasteiger partial charge in [-0.15, -0.1) is 0 Å². The number of allylic oxidation sites excluding steroid dienone is 1. The molecular formula is C34H34N2O5. The van der Waals surface area contributed by atoms with Gasteiger partial charge in [-0.05, 0) is 67.7 Å². The van der Waals surface area contributed by atoms with Gasteiger partial charge in [0.05, 0.1) is 17.9 Å². The average molecular weight is 551 g/mol. The lowest BCUT2D eigenvalue weighted by Crippen LogP contribution is -2.25. The summed E-state index contributed by atoms with van der Waals surface area (Å²) in [5.74, 6) is -0.0525. The maximum Gasteiger partial charge on any atom is 0.291 e. The van der Waals surface area contributed by atoms with Crippen LogP contribution in [0.15, 0.2) is 107 Å². The Morgan fingerprint density at radius 1 is 0.976 bits per heavy atom. The van der Waals surface area contributed by atoms with Gasteiger partial charge in [-0.3, -0.25) is 9.59 Å². The van der Waals surface area contributed by atoms with Crippen molar-refractivity contribution in [2.24, 2.45) is 0 Å². The molecule has 0 radical (unpaired) electrons. The molecular weight excluding hydrogens is 516 g/mol. The topological polar surface area (TPSA) is 101 Å². The standard InChI is InChI=1S/C34H34N2O5/c1-34(39)18-15-25(16-19-34)17-21-40-30-23-27(32(37)35-20-7-10-24-8-3-2-4-9-24)13-14-28(30)36-33(38)31-22-26-11-5-6-12-29(26)41-31/h2-6,8-9,11-16,18,22-23,39H,7,10,17,19-21H2,1H3,(H,35,37)(H,36,38). The zero-order valence-electron chi connectivity index (χ0n) is 23.1. The molecule has 1 aromatic heterocycles. The summed E-state index contributed by atoms with van der Waals surface area (Å²) in [6.45, 7) is 2.63. The van der Waals surface area contributed by atoms with Gasteiger partial charge >= 0.3 is 0 Å². The van der Waals surface area contributed by atoms with E-state index in [2.05, 4.69) is 22.8 Å². The Morgan fingerprint density at radius 3 is 2.56 bits per heavy atom. The molecule has 0 saturated carbocycles. The first-order valence-corrected chi connectivity index (χ1v) is 13.9. The van der Waals surface area contributed by atoms with Crippen LogP contribution in [0.25, 0.3) is 11.0 Å². The van der Waals surface area contributed by atoms with E-state index in [1.165, 1.54) is 5.56 Å². The van der Waals surface area contributed by atoms with Crippen LogP contribution in [-0.2, 0) is 6.42 Å². The molecule has 3 N–H and O–H groups in total. The van der Waals surface area contributed by atoms with Crippen LogP contribution in [0.4, 0.5) is 5.69 Å². The number of furan rings is 1. The number of anilines is 1. The second kappa shape index (κ2) is 12.7. The van der Waals surface area contributed by atoms with Crippen LogP contribution in [0, 0.1) is 0 Å². The predicted molar refractivity (Wildman–Crippen MR) is 160 cm³/mol. The lowest BCUT2D eigenvalue weighted by molar-refractivity contribution is 0.0952. The summed E-state index contributed by atoms with van der Waals surface area (Å²) in [5.41, 5.74) is 2.95. The zero-order valence-corrected chi connectivity index (χ0v) is 23.1. The molecule has 1 aliphatic carbocycles. The molecule has 7 heteroatoms. The average Bonchev–Trinajstić information content (AvgIpc) is 3.42. The number of rotatable bonds is 11. The summed E-state index contributed by atoms with van der Waals surface area (Å²) in [7, 11) is 0. The normalized spacial score (nSPS) is 16.3. The highest BCUT2D eigenvalue weighted by molar-refractivity contribution is 6.05. The molecule has 210 valence electrons. The Bertz CT molecular complexity index is 1550. The van der Waals surface area contributed by atoms with Crippen molar-refractivity contribution >= 4 is 28.5 Å². The first kappa shape index (κ1) is 27.9. The van der Waals surface area contributed by atoms with E-state index in [0.29, 0.717) is 48.6 Å². The second-order valence-electron chi connectivity index (χ2n) is 10.4. The fourth-order valence-electron chi connectivity index (χ4n) is 4.63. The minimum absolute atomic E-state index is 0.182. The Kier molecular flexibility index (Phi) is 8.65. The summed E-state index contributed by atoms with van der Waals surface area (Å²) < 4.78 is 11.8. The molecule has 41 heavy (non-hydrogen) atoms. The number of hydrogen-bond acceptors (Lipinski definition) is 5. The monoisotopic (exact) mass is 550 g/mol. The number of para-hydroxylation sites is 1. The maximum absolute atomic E-state index is 13.0. The van der Waals surface area contributed by atoms with Gasteiger partial charge in [0.1, 0.15) is 11.3 Å². The summed E-state index contributed by atoms with van der Waals surface area (Å²) in [6, 6.07) is 24.3. The van der Waals surface area contributed by atoms with Crippen molar-refractivity contribution in [2.75, 3.05) is 18.5 Å². The minimum Gasteiger partial charge on any atom is -0.491 e. The van der Waals surface area contributed by atoms with Gasteiger partial charge in [-0.25, -0.2) is 0 Å². The fraction of sp³-hybridized carbons (Fsp3) is 0.235. The van der Waals surface area contributed by atoms with Crippen LogP contribution in [-0.4, -0.2) is 35.7 Å². The summed E-state index contributed by atoms with van der Waals surface area (Å²) in [6.07, 6.45) is 8.52. The largest absolute Gasteiger partial charge is 0.491 e. The van der Waals surface area contributed by atoms with Crippen molar-refractivity contribution in [1.82, 2.24) is 5.32 Å². The Morgan fingerprint density at radius 2 is 1.78 bits per heavy atom. The number of amides is 2. The maximum atomic E-state index is 13.0. The summed E-state index contributed by atoms with van der Waals surface area (Å²) in [4.78, 5) is 26.0. The van der Waals surface area contributed by atoms with Gasteiger partial charge in [-0.2, -0.15) is 0 Å². The number of fused-ring (bicyclic) bond motifs is 1. The van der Waals surface area contributed by atoms with Gasteiger partial charge in [0, 0.05) is 23.9 Å². The van der Waals surface area contributed by atoms with E-state index in [0.717, 1.165) is 23.8 Å². The van der Waals surface area contributed by atoms with E-state index in [1.54, 1.807) is 37.3 Å². The molecule has 3 aromatic carbocycles. The van der Waals surface area contributed by atoms with Crippen molar-refractivity contribution in [3.8, 4) is 5.75 Å². The molecule has 1 atom stereocenters. The lowest BCUT2D eigenvalue weighted by Gasteiger charge is -2.21. The van der Waals surface area contributed by atoms with E-state index in [9.17, 15) is 14.7 Å². The van der Waals surface area contributed by atoms with Crippen molar-refractivity contribution in [3.05, 3.63) is 120 Å². The molecule has 1 unspecified atom stereocenters. The number of aliphatic hydroxyl groups is 1. The minimum atomic E-state index is -0.832. The van der Waals surface area contributed by atoms with E-state index < -0.39 is 11.5 Å². The van der Waals surface area contributed by atoms with Crippen LogP contribution in [0.5, 0.6) is 5.75 Å². The first-order chi connectivity index (χ1) is 19.9. The molecule has 7 nitrogen and oxygen atoms in total. The molecule has 0 fully saturated rings. The number of aryl methyl sites for hydroxylation is 1. The van der Waals surface area contributed by atoms with Crippen LogP contribution >= 0.6 is 0 Å². The number of carbonyl (C=O) groups is 2. The van der Waals surface area contributed by atoms with Crippen molar-refractivity contribution in [2.45, 2.75) is 38.2 Å². The van der Waals surface area contributed by atoms with Crippen LogP contribution in [0.3, 0.4) is 0 Å². The number of ether oxygens (including phenoxy) is 1. The first-order valence-electron chi connectivity index (χ1n) is 13.9. The van der Waals surface area contributed by atoms with E-state index in [4.69, 9.17) is 9.15 Å². The zero-order chi connectivity index (χ0) is 28.7. The van der Waals surface area contributed by atoms with Gasteiger partial charge in [0.25, 0.3) is 11.8 Å². The Labute approximate surface area is 239 Å². The number of nitrogens with one attached hydrogen (secondary N) is 2. The smallest absolute Gasteiger partial charge is 0.291 e. The third kappa shape index (κ3) is 7.52. The lowest BCUT2D eigenvalue weighted by atomic mass is 9.93. The molecule has 4 aromatic rings.